The molecule has 1 heterocycles. The fraction of sp³-hybridized carbons (Fsp3) is 0.556. The lowest BCUT2D eigenvalue weighted by molar-refractivity contribution is 0.192. The predicted molar refractivity (Wildman–Crippen MR) is 57.6 cm³/mol. The Hall–Kier alpha value is -0.390. The first kappa shape index (κ1) is 9.18. The molecule has 0 saturated heterocycles. The molecule has 1 aliphatic carbocycles. The van der Waals surface area contributed by atoms with Gasteiger partial charge >= 0.3 is 6.01 Å². The normalized spacial score (nSPS) is 17.6. The Balaban J connectivity index is 1.97. The zero-order valence-corrected chi connectivity index (χ0v) is 9.40. The summed E-state index contributed by atoms with van der Waals surface area (Å²) in [7, 11) is 0. The first-order valence-corrected chi connectivity index (χ1v) is 5.57. The molecule has 1 fully saturated rings. The van der Waals surface area contributed by atoms with E-state index >= 15 is 0 Å². The van der Waals surface area contributed by atoms with Crippen LogP contribution in [0.2, 0.25) is 0 Å². The average molecular weight is 290 g/mol. The van der Waals surface area contributed by atoms with Crippen LogP contribution in [0.5, 0.6) is 6.01 Å². The monoisotopic (exact) mass is 290 g/mol. The van der Waals surface area contributed by atoms with Crippen molar-refractivity contribution in [2.45, 2.75) is 31.8 Å². The van der Waals surface area contributed by atoms with E-state index in [9.17, 15) is 0 Å². The zero-order chi connectivity index (χ0) is 9.10. The van der Waals surface area contributed by atoms with E-state index in [-0.39, 0.29) is 0 Å². The van der Waals surface area contributed by atoms with Crippen LogP contribution in [0, 0.1) is 3.57 Å². The van der Waals surface area contributed by atoms with Gasteiger partial charge < -0.3 is 4.74 Å². The van der Waals surface area contributed by atoms with Gasteiger partial charge in [0.25, 0.3) is 0 Å². The lowest BCUT2D eigenvalue weighted by Gasteiger charge is -2.09. The van der Waals surface area contributed by atoms with Crippen molar-refractivity contribution in [1.29, 1.82) is 0 Å². The van der Waals surface area contributed by atoms with Gasteiger partial charge in [-0.25, -0.2) is 9.97 Å². The minimum absolute atomic E-state index is 0.347. The Morgan fingerprint density at radius 3 is 2.46 bits per heavy atom. The topological polar surface area (TPSA) is 35.0 Å². The lowest BCUT2D eigenvalue weighted by atomic mass is 10.3. The van der Waals surface area contributed by atoms with Gasteiger partial charge in [-0.15, -0.1) is 0 Å². The summed E-state index contributed by atoms with van der Waals surface area (Å²) < 4.78 is 6.64. The van der Waals surface area contributed by atoms with Gasteiger partial charge in [0, 0.05) is 16.0 Å². The van der Waals surface area contributed by atoms with Crippen LogP contribution >= 0.6 is 22.6 Å². The second-order valence-electron chi connectivity index (χ2n) is 3.21. The van der Waals surface area contributed by atoms with Crippen molar-refractivity contribution in [2.24, 2.45) is 0 Å². The number of halogens is 1. The molecule has 4 heteroatoms. The number of rotatable bonds is 2. The third kappa shape index (κ3) is 2.52. The van der Waals surface area contributed by atoms with Gasteiger partial charge in [0.1, 0.15) is 6.10 Å². The molecule has 0 amide bonds. The van der Waals surface area contributed by atoms with Crippen molar-refractivity contribution in [2.75, 3.05) is 0 Å². The van der Waals surface area contributed by atoms with E-state index < -0.39 is 0 Å². The van der Waals surface area contributed by atoms with Crippen LogP contribution in [0.25, 0.3) is 0 Å². The highest BCUT2D eigenvalue weighted by Gasteiger charge is 2.17. The van der Waals surface area contributed by atoms with E-state index in [0.717, 1.165) is 16.4 Å². The summed E-state index contributed by atoms with van der Waals surface area (Å²) >= 11 is 2.18. The number of nitrogens with zero attached hydrogens (tertiary/aromatic N) is 2. The van der Waals surface area contributed by atoms with Gasteiger partial charge in [-0.05, 0) is 48.3 Å². The smallest absolute Gasteiger partial charge is 0.316 e. The third-order valence-electron chi connectivity index (χ3n) is 2.17. The summed E-state index contributed by atoms with van der Waals surface area (Å²) in [6, 6.07) is 0.521. The second kappa shape index (κ2) is 4.21. The Morgan fingerprint density at radius 2 is 1.85 bits per heavy atom. The van der Waals surface area contributed by atoms with Gasteiger partial charge in [-0.1, -0.05) is 0 Å². The van der Waals surface area contributed by atoms with E-state index in [1.807, 2.05) is 0 Å². The van der Waals surface area contributed by atoms with Crippen LogP contribution in [-0.2, 0) is 0 Å². The largest absolute Gasteiger partial charge is 0.460 e. The van der Waals surface area contributed by atoms with Gasteiger partial charge in [-0.3, -0.25) is 0 Å². The molecular formula is C9H11IN2O. The molecule has 0 radical (unpaired) electrons. The summed E-state index contributed by atoms with van der Waals surface area (Å²) in [6.07, 6.45) is 8.74. The van der Waals surface area contributed by atoms with E-state index in [4.69, 9.17) is 4.74 Å². The van der Waals surface area contributed by atoms with E-state index in [1.54, 1.807) is 12.4 Å². The quantitative estimate of drug-likeness (QED) is 0.785. The van der Waals surface area contributed by atoms with Crippen molar-refractivity contribution in [3.05, 3.63) is 16.0 Å². The van der Waals surface area contributed by atoms with Gasteiger partial charge in [0.2, 0.25) is 0 Å². The van der Waals surface area contributed by atoms with Crippen LogP contribution in [0.15, 0.2) is 12.4 Å². The van der Waals surface area contributed by atoms with Crippen LogP contribution in [0.4, 0.5) is 0 Å². The molecule has 2 rings (SSSR count). The molecule has 0 N–H and O–H groups in total. The summed E-state index contributed by atoms with van der Waals surface area (Å²) in [5.74, 6) is 0. The highest BCUT2D eigenvalue weighted by molar-refractivity contribution is 14.1. The molecule has 0 aromatic carbocycles. The van der Waals surface area contributed by atoms with Crippen LogP contribution in [-0.4, -0.2) is 16.1 Å². The van der Waals surface area contributed by atoms with Crippen molar-refractivity contribution in [1.82, 2.24) is 9.97 Å². The number of ether oxygens (including phenoxy) is 1. The maximum Gasteiger partial charge on any atom is 0.316 e. The van der Waals surface area contributed by atoms with Crippen molar-refractivity contribution in [3.8, 4) is 6.01 Å². The molecule has 70 valence electrons. The van der Waals surface area contributed by atoms with Gasteiger partial charge in [0.05, 0.1) is 0 Å². The SMILES string of the molecule is Ic1cnc(OC2CCCC2)nc1. The van der Waals surface area contributed by atoms with Crippen LogP contribution in [0.1, 0.15) is 25.7 Å². The molecule has 0 aliphatic heterocycles. The molecule has 1 saturated carbocycles. The van der Waals surface area contributed by atoms with E-state index in [0.29, 0.717) is 12.1 Å². The maximum atomic E-state index is 5.60. The van der Waals surface area contributed by atoms with Crippen LogP contribution in [0.3, 0.4) is 0 Å². The minimum atomic E-state index is 0.347. The number of hydrogen-bond donors (Lipinski definition) is 0. The molecule has 3 nitrogen and oxygen atoms in total. The first-order chi connectivity index (χ1) is 6.34. The lowest BCUT2D eigenvalue weighted by Crippen LogP contribution is -2.12. The fourth-order valence-electron chi connectivity index (χ4n) is 1.52. The molecule has 1 aromatic rings. The molecular weight excluding hydrogens is 279 g/mol. The van der Waals surface area contributed by atoms with Crippen molar-refractivity contribution >= 4 is 22.6 Å². The Morgan fingerprint density at radius 1 is 1.23 bits per heavy atom. The molecule has 0 unspecified atom stereocenters. The van der Waals surface area contributed by atoms with Crippen LogP contribution < -0.4 is 4.74 Å². The van der Waals surface area contributed by atoms with Gasteiger partial charge in [0.15, 0.2) is 0 Å². The summed E-state index contributed by atoms with van der Waals surface area (Å²) in [5.41, 5.74) is 0. The number of aromatic nitrogens is 2. The van der Waals surface area contributed by atoms with E-state index in [2.05, 4.69) is 32.6 Å². The first-order valence-electron chi connectivity index (χ1n) is 4.49. The minimum Gasteiger partial charge on any atom is -0.460 e. The Bertz CT molecular complexity index is 269. The standard InChI is InChI=1S/C9H11IN2O/c10-7-5-11-9(12-6-7)13-8-3-1-2-4-8/h5-6,8H,1-4H2. The predicted octanol–water partition coefficient (Wildman–Crippen LogP) is 2.40. The highest BCUT2D eigenvalue weighted by atomic mass is 127. The third-order valence-corrected chi connectivity index (χ3v) is 2.73. The molecule has 13 heavy (non-hydrogen) atoms. The molecule has 1 aliphatic rings. The molecule has 0 bridgehead atoms. The molecule has 0 atom stereocenters. The highest BCUT2D eigenvalue weighted by Crippen LogP contribution is 2.21. The van der Waals surface area contributed by atoms with Crippen molar-refractivity contribution in [3.63, 3.8) is 0 Å². The average Bonchev–Trinajstić information content (AvgIpc) is 2.62. The van der Waals surface area contributed by atoms with E-state index in [1.165, 1.54) is 12.8 Å². The summed E-state index contributed by atoms with van der Waals surface area (Å²) in [6.45, 7) is 0. The Kier molecular flexibility index (Phi) is 2.97. The molecule has 0 spiro atoms. The Labute approximate surface area is 91.1 Å². The second-order valence-corrected chi connectivity index (χ2v) is 4.45. The molecule has 1 aromatic heterocycles. The van der Waals surface area contributed by atoms with Crippen molar-refractivity contribution < 1.29 is 4.74 Å². The summed E-state index contributed by atoms with van der Waals surface area (Å²) in [5, 5.41) is 0. The summed E-state index contributed by atoms with van der Waals surface area (Å²) in [4.78, 5) is 8.20. The zero-order valence-electron chi connectivity index (χ0n) is 7.24. The fourth-order valence-corrected chi connectivity index (χ4v) is 1.80. The number of hydrogen-bond acceptors (Lipinski definition) is 3. The van der Waals surface area contributed by atoms with Gasteiger partial charge in [-0.2, -0.15) is 0 Å². The maximum absolute atomic E-state index is 5.60.